The second-order valence-corrected chi connectivity index (χ2v) is 11.2. The van der Waals surface area contributed by atoms with E-state index in [1.165, 1.54) is 0 Å². The average molecular weight is 617 g/mol. The third-order valence-electron chi connectivity index (χ3n) is 7.95. The molecular formula is C32H21AlN12O. The lowest BCUT2D eigenvalue weighted by Crippen LogP contribution is -2.46. The van der Waals surface area contributed by atoms with Crippen molar-refractivity contribution in [2.75, 3.05) is 5.43 Å². The van der Waals surface area contributed by atoms with Crippen LogP contribution in [0.25, 0.3) is 89.7 Å². The van der Waals surface area contributed by atoms with Crippen LogP contribution in [0.4, 0.5) is 5.69 Å². The molecule has 46 heavy (non-hydrogen) atoms. The third kappa shape index (κ3) is 4.33. The normalized spacial score (nSPS) is 12.0. The van der Waals surface area contributed by atoms with Crippen molar-refractivity contribution < 1.29 is 5.21 Å². The second-order valence-electron chi connectivity index (χ2n) is 10.7. The van der Waals surface area contributed by atoms with Crippen molar-refractivity contribution >= 4 is 66.3 Å². The van der Waals surface area contributed by atoms with Crippen LogP contribution in [0.3, 0.4) is 0 Å². The Morgan fingerprint density at radius 1 is 0.522 bits per heavy atom. The molecule has 6 N–H and O–H groups in total. The SMILES string of the molecule is O[N]([Al])NNNc1cccc2c3nc4nc(nc5[nH]c(nc6nc(nc([nH]3)c12)-c1ccccc1-6)c1ccccc51)-c1ccccc1-4. The highest BCUT2D eigenvalue weighted by molar-refractivity contribution is 6.11. The standard InChI is InChI=1S/C32H21N12O.Al/c45-44-43-42-41-23-15-7-14-22-24(23)32-39-30-21-13-6-5-12-20(21)28(37-30)35-26-17-9-2-1-8-16(17)25(33-26)34-27-18-10-3-4-11-19(18)29(36-27)38-31(22)40-32;/h1-15,41-43,45H,(H2,33,34,35,36,37,38,39,40);/q-1;+1. The van der Waals surface area contributed by atoms with Crippen LogP contribution >= 0.6 is 0 Å². The average Bonchev–Trinajstić information content (AvgIpc) is 3.80. The Morgan fingerprint density at radius 2 is 0.957 bits per heavy atom. The summed E-state index contributed by atoms with van der Waals surface area (Å²) in [4.78, 5) is 36.9. The van der Waals surface area contributed by atoms with E-state index in [1.54, 1.807) is 0 Å². The first-order valence-electron chi connectivity index (χ1n) is 14.3. The molecule has 0 atom stereocenters. The molecule has 2 radical (unpaired) electrons. The van der Waals surface area contributed by atoms with Gasteiger partial charge in [-0.05, 0) is 6.07 Å². The summed E-state index contributed by atoms with van der Waals surface area (Å²) in [6, 6.07) is 29.6. The van der Waals surface area contributed by atoms with Crippen molar-refractivity contribution in [1.82, 2.24) is 55.1 Å². The Kier molecular flexibility index (Phi) is 6.12. The lowest BCUT2D eigenvalue weighted by molar-refractivity contribution is -0.0567. The van der Waals surface area contributed by atoms with Gasteiger partial charge in [0.2, 0.25) is 0 Å². The van der Waals surface area contributed by atoms with Crippen LogP contribution in [0.15, 0.2) is 91.0 Å². The predicted octanol–water partition coefficient (Wildman–Crippen LogP) is 4.98. The predicted molar refractivity (Wildman–Crippen MR) is 175 cm³/mol. The van der Waals surface area contributed by atoms with Gasteiger partial charge in [0.1, 0.15) is 22.6 Å². The largest absolute Gasteiger partial charge is 0.339 e. The summed E-state index contributed by atoms with van der Waals surface area (Å²) in [7, 11) is 0. The number of hydrazine groups is 3. The molecule has 4 aromatic carbocycles. The highest BCUT2D eigenvalue weighted by atomic mass is 27.1. The zero-order chi connectivity index (χ0) is 30.8. The molecule has 0 saturated carbocycles. The first-order chi connectivity index (χ1) is 22.6. The van der Waals surface area contributed by atoms with E-state index in [2.05, 4.69) is 43.0 Å². The Labute approximate surface area is 268 Å². The molecule has 218 valence electrons. The van der Waals surface area contributed by atoms with Gasteiger partial charge in [-0.3, -0.25) is 0 Å². The molecule has 14 heteroatoms. The first-order valence-corrected chi connectivity index (χ1v) is 14.9. The summed E-state index contributed by atoms with van der Waals surface area (Å²) < 4.78 is 0.707. The molecular weight excluding hydrogens is 595 g/mol. The molecule has 3 aromatic heterocycles. The topological polar surface area (TPSA) is 168 Å². The lowest BCUT2D eigenvalue weighted by Gasteiger charge is -2.15. The van der Waals surface area contributed by atoms with Gasteiger partial charge in [0.25, 0.3) is 0 Å². The van der Waals surface area contributed by atoms with E-state index in [-0.39, 0.29) is 0 Å². The molecule has 0 spiro atoms. The van der Waals surface area contributed by atoms with Gasteiger partial charge in [0.15, 0.2) is 23.3 Å². The number of hydrogen-bond acceptors (Lipinski definition) is 11. The Hall–Kier alpha value is -5.59. The molecule has 2 aliphatic rings. The molecule has 0 saturated heterocycles. The number of hydrogen-bond donors (Lipinski definition) is 6. The summed E-state index contributed by atoms with van der Waals surface area (Å²) in [5.41, 5.74) is 14.9. The highest BCUT2D eigenvalue weighted by Crippen LogP contribution is 2.37. The fourth-order valence-electron chi connectivity index (χ4n) is 5.95. The minimum Gasteiger partial charge on any atom is -0.324 e. The molecule has 13 nitrogen and oxygen atoms in total. The van der Waals surface area contributed by atoms with Gasteiger partial charge >= 0.3 is 16.5 Å². The molecule has 0 fully saturated rings. The van der Waals surface area contributed by atoms with Crippen LogP contribution < -0.4 is 16.5 Å². The van der Waals surface area contributed by atoms with Gasteiger partial charge < -0.3 is 20.6 Å². The molecule has 0 unspecified atom stereocenters. The van der Waals surface area contributed by atoms with Gasteiger partial charge in [-0.25, -0.2) is 34.1 Å². The third-order valence-corrected chi connectivity index (χ3v) is 8.08. The van der Waals surface area contributed by atoms with E-state index >= 15 is 0 Å². The lowest BCUT2D eigenvalue weighted by atomic mass is 10.1. The Balaban J connectivity index is 1.44. The zero-order valence-corrected chi connectivity index (χ0v) is 25.0. The number of benzene rings is 4. The van der Waals surface area contributed by atoms with E-state index in [0.717, 1.165) is 43.8 Å². The number of aromatic amines is 2. The molecule has 0 aliphatic carbocycles. The number of aromatic nitrogens is 8. The fourth-order valence-corrected chi connectivity index (χ4v) is 6.01. The van der Waals surface area contributed by atoms with Gasteiger partial charge in [0, 0.05) is 38.4 Å². The van der Waals surface area contributed by atoms with Gasteiger partial charge in [-0.2, -0.15) is 11.1 Å². The number of nitrogens with one attached hydrogen (secondary N) is 5. The van der Waals surface area contributed by atoms with Crippen LogP contribution in [0.2, 0.25) is 0 Å². The van der Waals surface area contributed by atoms with Crippen LogP contribution in [0.5, 0.6) is 0 Å². The zero-order valence-electron chi connectivity index (χ0n) is 23.8. The summed E-state index contributed by atoms with van der Waals surface area (Å²) in [6.07, 6.45) is 0. The second kappa shape index (κ2) is 10.5. The van der Waals surface area contributed by atoms with E-state index in [9.17, 15) is 5.21 Å². The maximum atomic E-state index is 9.52. The monoisotopic (exact) mass is 616 g/mol. The summed E-state index contributed by atoms with van der Waals surface area (Å²) in [6.45, 7) is 0. The van der Waals surface area contributed by atoms with Crippen molar-refractivity contribution in [3.8, 4) is 45.6 Å². The van der Waals surface area contributed by atoms with Crippen LogP contribution in [-0.2, 0) is 0 Å². The molecule has 2 aliphatic heterocycles. The minimum atomic E-state index is 0.503. The Bertz CT molecular complexity index is 2520. The van der Waals surface area contributed by atoms with E-state index in [4.69, 9.17) is 29.9 Å². The molecule has 7 aromatic rings. The van der Waals surface area contributed by atoms with Crippen molar-refractivity contribution in [1.29, 1.82) is 0 Å². The smallest absolute Gasteiger partial charge is 0.324 e. The Morgan fingerprint density at radius 3 is 1.48 bits per heavy atom. The van der Waals surface area contributed by atoms with Crippen molar-refractivity contribution in [2.24, 2.45) is 0 Å². The summed E-state index contributed by atoms with van der Waals surface area (Å²) in [5, 5.41) is 12.9. The summed E-state index contributed by atoms with van der Waals surface area (Å²) in [5.74, 6) is 2.10. The van der Waals surface area contributed by atoms with Gasteiger partial charge in [-0.1, -0.05) is 84.9 Å². The molecule has 0 amide bonds. The van der Waals surface area contributed by atoms with Crippen LogP contribution in [0, 0.1) is 0 Å². The number of nitrogens with zero attached hydrogens (tertiary/aromatic N) is 7. The fraction of sp³-hybridized carbons (Fsp3) is 0. The minimum absolute atomic E-state index is 0.503. The van der Waals surface area contributed by atoms with E-state index in [0.29, 0.717) is 55.7 Å². The maximum Gasteiger partial charge on any atom is 0.339 e. The number of anilines is 1. The maximum absolute atomic E-state index is 9.52. The van der Waals surface area contributed by atoms with Crippen molar-refractivity contribution in [2.45, 2.75) is 0 Å². The van der Waals surface area contributed by atoms with Gasteiger partial charge in [-0.15, -0.1) is 0 Å². The van der Waals surface area contributed by atoms with E-state index < -0.39 is 0 Å². The van der Waals surface area contributed by atoms with E-state index in [1.807, 2.05) is 91.0 Å². The summed E-state index contributed by atoms with van der Waals surface area (Å²) >= 11 is 2.09. The molecule has 5 heterocycles. The first kappa shape index (κ1) is 26.8. The molecule has 9 rings (SSSR count). The van der Waals surface area contributed by atoms with Crippen molar-refractivity contribution in [3.05, 3.63) is 91.0 Å². The number of fused-ring (bicyclic) bond motifs is 20. The highest BCUT2D eigenvalue weighted by Gasteiger charge is 2.22. The number of H-pyrrole nitrogens is 2. The van der Waals surface area contributed by atoms with Crippen LogP contribution in [-0.4, -0.2) is 65.7 Å². The van der Waals surface area contributed by atoms with Crippen LogP contribution in [0.1, 0.15) is 0 Å². The quantitative estimate of drug-likeness (QED) is 0.117. The molecule has 8 bridgehead atoms. The van der Waals surface area contributed by atoms with Crippen molar-refractivity contribution in [3.63, 3.8) is 0 Å². The number of rotatable bonds is 4. The van der Waals surface area contributed by atoms with Gasteiger partial charge in [0.05, 0.1) is 11.1 Å².